The summed E-state index contributed by atoms with van der Waals surface area (Å²) in [5.41, 5.74) is 1.37. The lowest BCUT2D eigenvalue weighted by Crippen LogP contribution is -2.58. The van der Waals surface area contributed by atoms with E-state index in [-0.39, 0.29) is 26.9 Å². The van der Waals surface area contributed by atoms with Crippen LogP contribution in [-0.2, 0) is 0 Å². The summed E-state index contributed by atoms with van der Waals surface area (Å²) in [5, 5.41) is 14.2. The van der Waals surface area contributed by atoms with Gasteiger partial charge < -0.3 is 0 Å². The molecular formula is C19H18Cl2N4O5. The summed E-state index contributed by atoms with van der Waals surface area (Å²) in [6.45, 7) is 4.98. The molecule has 0 aliphatic carbocycles. The second kappa shape index (κ2) is 9.10. The number of carbonyl (C=O) groups excluding carboxylic acids is 3. The van der Waals surface area contributed by atoms with E-state index >= 15 is 0 Å². The third-order valence-electron chi connectivity index (χ3n) is 3.81. The molecule has 0 heterocycles. The van der Waals surface area contributed by atoms with Crippen molar-refractivity contribution in [2.75, 3.05) is 0 Å². The largest absolute Gasteiger partial charge is 0.340 e. The number of nitrogens with one attached hydrogen (secondary N) is 2. The van der Waals surface area contributed by atoms with Crippen LogP contribution in [0.15, 0.2) is 42.5 Å². The van der Waals surface area contributed by atoms with Crippen molar-refractivity contribution in [3.8, 4) is 0 Å². The van der Waals surface area contributed by atoms with Crippen LogP contribution in [-0.4, -0.2) is 33.3 Å². The molecule has 0 spiro atoms. The third kappa shape index (κ3) is 5.68. The van der Waals surface area contributed by atoms with E-state index in [2.05, 4.69) is 10.7 Å². The molecule has 0 aliphatic rings. The maximum Gasteiger partial charge on any atom is 0.340 e. The number of carbonyl (C=O) groups is 3. The maximum absolute atomic E-state index is 12.9. The van der Waals surface area contributed by atoms with Crippen LogP contribution in [0.5, 0.6) is 0 Å². The second-order valence-corrected chi connectivity index (χ2v) is 7.98. The van der Waals surface area contributed by atoms with Gasteiger partial charge in [0.2, 0.25) is 0 Å². The highest BCUT2D eigenvalue weighted by atomic mass is 35.5. The summed E-state index contributed by atoms with van der Waals surface area (Å²) >= 11 is 11.8. The average molecular weight is 453 g/mol. The van der Waals surface area contributed by atoms with Crippen LogP contribution >= 0.6 is 23.2 Å². The van der Waals surface area contributed by atoms with Gasteiger partial charge in [-0.25, -0.2) is 15.2 Å². The molecule has 2 rings (SSSR count). The molecule has 0 saturated heterocycles. The highest BCUT2D eigenvalue weighted by Crippen LogP contribution is 2.21. The van der Waals surface area contributed by atoms with Gasteiger partial charge in [0.1, 0.15) is 0 Å². The number of benzene rings is 2. The van der Waals surface area contributed by atoms with Gasteiger partial charge in [-0.2, -0.15) is 0 Å². The van der Waals surface area contributed by atoms with Crippen molar-refractivity contribution in [3.05, 3.63) is 73.8 Å². The van der Waals surface area contributed by atoms with E-state index in [1.54, 1.807) is 20.8 Å². The van der Waals surface area contributed by atoms with Crippen LogP contribution in [0.1, 0.15) is 41.5 Å². The standard InChI is InChI=1S/C19H18Cl2N4O5/c1-19(2,3)24(17(27)11-4-7-13(8-5-11)25(29)30)23-18(28)22-16(26)14-10-12(20)6-9-15(14)21/h4-10H,1-3H3,(H2,22,23,26,28). The van der Waals surface area contributed by atoms with E-state index in [4.69, 9.17) is 23.2 Å². The van der Waals surface area contributed by atoms with Crippen molar-refractivity contribution in [3.63, 3.8) is 0 Å². The Bertz CT molecular complexity index is 1000. The number of hydrazine groups is 1. The highest BCUT2D eigenvalue weighted by Gasteiger charge is 2.30. The van der Waals surface area contributed by atoms with Gasteiger partial charge in [-0.1, -0.05) is 23.2 Å². The molecule has 2 aromatic rings. The van der Waals surface area contributed by atoms with E-state index in [1.807, 2.05) is 0 Å². The van der Waals surface area contributed by atoms with Crippen LogP contribution in [0.2, 0.25) is 10.0 Å². The van der Waals surface area contributed by atoms with Gasteiger partial charge in [0, 0.05) is 22.7 Å². The van der Waals surface area contributed by atoms with E-state index in [0.717, 1.165) is 5.01 Å². The molecule has 0 aliphatic heterocycles. The number of halogens is 2. The molecule has 158 valence electrons. The van der Waals surface area contributed by atoms with E-state index in [9.17, 15) is 24.5 Å². The Balaban J connectivity index is 2.18. The highest BCUT2D eigenvalue weighted by molar-refractivity contribution is 6.36. The van der Waals surface area contributed by atoms with Gasteiger partial charge in [0.15, 0.2) is 0 Å². The Morgan fingerprint density at radius 3 is 2.17 bits per heavy atom. The fourth-order valence-corrected chi connectivity index (χ4v) is 2.72. The number of imide groups is 1. The normalized spacial score (nSPS) is 10.8. The zero-order valence-electron chi connectivity index (χ0n) is 16.2. The molecular weight excluding hydrogens is 435 g/mol. The SMILES string of the molecule is CC(C)(C)N(NC(=O)NC(=O)c1cc(Cl)ccc1Cl)C(=O)c1ccc([N+](=O)[O-])cc1. The molecule has 2 N–H and O–H groups in total. The molecule has 9 nitrogen and oxygen atoms in total. The number of hydrogen-bond acceptors (Lipinski definition) is 5. The molecule has 11 heteroatoms. The number of urea groups is 1. The fraction of sp³-hybridized carbons (Fsp3) is 0.211. The number of hydrogen-bond donors (Lipinski definition) is 2. The van der Waals surface area contributed by atoms with E-state index < -0.39 is 28.3 Å². The molecule has 30 heavy (non-hydrogen) atoms. The van der Waals surface area contributed by atoms with Gasteiger partial charge in [0.05, 0.1) is 21.0 Å². The van der Waals surface area contributed by atoms with Crippen LogP contribution in [0.3, 0.4) is 0 Å². The quantitative estimate of drug-likeness (QED) is 0.533. The predicted octanol–water partition coefficient (Wildman–Crippen LogP) is 4.20. The van der Waals surface area contributed by atoms with Gasteiger partial charge in [-0.3, -0.25) is 25.0 Å². The number of nitro benzene ring substituents is 1. The summed E-state index contributed by atoms with van der Waals surface area (Å²) in [7, 11) is 0. The minimum Gasteiger partial charge on any atom is -0.272 e. The van der Waals surface area contributed by atoms with Crippen LogP contribution in [0, 0.1) is 10.1 Å². The number of nitrogens with zero attached hydrogens (tertiary/aromatic N) is 2. The Labute approximate surface area is 182 Å². The van der Waals surface area contributed by atoms with Crippen molar-refractivity contribution < 1.29 is 19.3 Å². The van der Waals surface area contributed by atoms with Crippen LogP contribution in [0.4, 0.5) is 10.5 Å². The summed E-state index contributed by atoms with van der Waals surface area (Å²) in [5.74, 6) is -1.43. The summed E-state index contributed by atoms with van der Waals surface area (Å²) in [6.07, 6.45) is 0. The van der Waals surface area contributed by atoms with Gasteiger partial charge in [-0.15, -0.1) is 0 Å². The zero-order valence-corrected chi connectivity index (χ0v) is 17.7. The Morgan fingerprint density at radius 2 is 1.63 bits per heavy atom. The summed E-state index contributed by atoms with van der Waals surface area (Å²) in [6, 6.07) is 8.14. The van der Waals surface area contributed by atoms with Crippen molar-refractivity contribution in [2.45, 2.75) is 26.3 Å². The van der Waals surface area contributed by atoms with Gasteiger partial charge >= 0.3 is 6.03 Å². The molecule has 0 atom stereocenters. The monoisotopic (exact) mass is 452 g/mol. The molecule has 0 bridgehead atoms. The number of nitro groups is 1. The third-order valence-corrected chi connectivity index (χ3v) is 4.38. The topological polar surface area (TPSA) is 122 Å². The molecule has 0 radical (unpaired) electrons. The molecule has 0 saturated carbocycles. The lowest BCUT2D eigenvalue weighted by Gasteiger charge is -2.35. The second-order valence-electron chi connectivity index (χ2n) is 7.13. The molecule has 0 fully saturated rings. The lowest BCUT2D eigenvalue weighted by molar-refractivity contribution is -0.384. The minimum atomic E-state index is -0.971. The molecule has 2 aromatic carbocycles. The first-order chi connectivity index (χ1) is 13.9. The first kappa shape index (κ1) is 23.1. The van der Waals surface area contributed by atoms with E-state index in [0.29, 0.717) is 0 Å². The Hall–Kier alpha value is -3.17. The van der Waals surface area contributed by atoms with Gasteiger partial charge in [-0.05, 0) is 51.1 Å². The van der Waals surface area contributed by atoms with Crippen molar-refractivity contribution in [2.24, 2.45) is 0 Å². The molecule has 0 unspecified atom stereocenters. The van der Waals surface area contributed by atoms with Crippen molar-refractivity contribution in [1.29, 1.82) is 0 Å². The zero-order chi connectivity index (χ0) is 22.6. The summed E-state index contributed by atoms with van der Waals surface area (Å²) in [4.78, 5) is 47.7. The summed E-state index contributed by atoms with van der Waals surface area (Å²) < 4.78 is 0. The first-order valence-electron chi connectivity index (χ1n) is 8.56. The lowest BCUT2D eigenvalue weighted by atomic mass is 10.1. The van der Waals surface area contributed by atoms with Crippen molar-refractivity contribution >= 4 is 46.7 Å². The maximum atomic E-state index is 12.9. The number of rotatable bonds is 3. The van der Waals surface area contributed by atoms with E-state index in [1.165, 1.54) is 42.5 Å². The fourth-order valence-electron chi connectivity index (χ4n) is 2.35. The first-order valence-corrected chi connectivity index (χ1v) is 9.32. The average Bonchev–Trinajstić information content (AvgIpc) is 2.66. The molecule has 0 aromatic heterocycles. The van der Waals surface area contributed by atoms with Crippen LogP contribution < -0.4 is 10.7 Å². The number of non-ortho nitro benzene ring substituents is 1. The molecule has 4 amide bonds. The minimum absolute atomic E-state index is 0.0108. The Kier molecular flexibility index (Phi) is 7.01. The Morgan fingerprint density at radius 1 is 1.03 bits per heavy atom. The van der Waals surface area contributed by atoms with Crippen molar-refractivity contribution in [1.82, 2.24) is 15.8 Å². The smallest absolute Gasteiger partial charge is 0.272 e. The number of amides is 4. The van der Waals surface area contributed by atoms with Crippen LogP contribution in [0.25, 0.3) is 0 Å². The predicted molar refractivity (Wildman–Crippen MR) is 111 cm³/mol. The van der Waals surface area contributed by atoms with Gasteiger partial charge in [0.25, 0.3) is 17.5 Å².